The summed E-state index contributed by atoms with van der Waals surface area (Å²) in [6, 6.07) is 2.23. The minimum absolute atomic E-state index is 0.0114. The van der Waals surface area contributed by atoms with E-state index in [0.29, 0.717) is 26.1 Å². The van der Waals surface area contributed by atoms with Crippen molar-refractivity contribution in [2.45, 2.75) is 18.9 Å². The first-order valence-electron chi connectivity index (χ1n) is 6.01. The molecule has 1 aromatic carbocycles. The number of carbonyl (C=O) groups excluding carboxylic acids is 1. The third kappa shape index (κ3) is 3.39. The molecule has 1 amide bonds. The number of nitrogens with zero attached hydrogens (tertiary/aromatic N) is 1. The zero-order valence-electron chi connectivity index (χ0n) is 10.4. The van der Waals surface area contributed by atoms with Crippen molar-refractivity contribution in [3.05, 3.63) is 37.9 Å². The largest absolute Gasteiger partial charge is 0.381 e. The maximum Gasteiger partial charge on any atom is 0.271 e. The molecule has 108 valence electrons. The first-order chi connectivity index (χ1) is 9.49. The number of ether oxygens (including phenoxy) is 1. The summed E-state index contributed by atoms with van der Waals surface area (Å²) in [7, 11) is 0. The van der Waals surface area contributed by atoms with E-state index >= 15 is 0 Å². The Morgan fingerprint density at radius 1 is 1.35 bits per heavy atom. The van der Waals surface area contributed by atoms with E-state index in [1.54, 1.807) is 0 Å². The number of rotatable bonds is 3. The van der Waals surface area contributed by atoms with Crippen LogP contribution in [0.15, 0.2) is 12.1 Å². The van der Waals surface area contributed by atoms with Crippen LogP contribution in [0.3, 0.4) is 0 Å². The van der Waals surface area contributed by atoms with Crippen LogP contribution < -0.4 is 5.32 Å². The highest BCUT2D eigenvalue weighted by molar-refractivity contribution is 6.44. The van der Waals surface area contributed by atoms with Crippen LogP contribution in [0.1, 0.15) is 23.2 Å². The molecule has 2 rings (SSSR count). The lowest BCUT2D eigenvalue weighted by Gasteiger charge is -2.23. The summed E-state index contributed by atoms with van der Waals surface area (Å²) in [4.78, 5) is 22.3. The Hall–Kier alpha value is -1.37. The molecule has 0 aromatic heterocycles. The Labute approximate surface area is 125 Å². The highest BCUT2D eigenvalue weighted by Crippen LogP contribution is 2.31. The molecule has 20 heavy (non-hydrogen) atoms. The molecule has 0 spiro atoms. The number of amides is 1. The van der Waals surface area contributed by atoms with E-state index in [2.05, 4.69) is 5.32 Å². The average molecular weight is 319 g/mol. The van der Waals surface area contributed by atoms with Crippen molar-refractivity contribution in [1.82, 2.24) is 5.32 Å². The maximum absolute atomic E-state index is 12.1. The van der Waals surface area contributed by atoms with Crippen LogP contribution in [0.5, 0.6) is 0 Å². The van der Waals surface area contributed by atoms with Gasteiger partial charge in [0, 0.05) is 31.4 Å². The van der Waals surface area contributed by atoms with E-state index in [0.717, 1.165) is 12.1 Å². The lowest BCUT2D eigenvalue weighted by Crippen LogP contribution is -2.39. The molecule has 1 aliphatic heterocycles. The molecular weight excluding hydrogens is 307 g/mol. The number of hydrogen-bond acceptors (Lipinski definition) is 4. The van der Waals surface area contributed by atoms with Gasteiger partial charge in [0.1, 0.15) is 0 Å². The molecule has 0 bridgehead atoms. The van der Waals surface area contributed by atoms with Crippen LogP contribution in [-0.2, 0) is 4.74 Å². The molecule has 8 heteroatoms. The van der Waals surface area contributed by atoms with Gasteiger partial charge < -0.3 is 10.1 Å². The summed E-state index contributed by atoms with van der Waals surface area (Å²) in [5, 5.41) is 13.6. The lowest BCUT2D eigenvalue weighted by atomic mass is 10.1. The number of nitrogens with one attached hydrogen (secondary N) is 1. The van der Waals surface area contributed by atoms with E-state index < -0.39 is 10.8 Å². The SMILES string of the molecule is O=C(NC1CCOCC1)c1cc([N+](=O)[O-])cc(Cl)c1Cl. The first kappa shape index (κ1) is 15.0. The summed E-state index contributed by atoms with van der Waals surface area (Å²) < 4.78 is 5.19. The lowest BCUT2D eigenvalue weighted by molar-refractivity contribution is -0.384. The molecule has 0 radical (unpaired) electrons. The van der Waals surface area contributed by atoms with Gasteiger partial charge in [0.25, 0.3) is 11.6 Å². The Morgan fingerprint density at radius 2 is 2.00 bits per heavy atom. The minimum atomic E-state index is -0.618. The summed E-state index contributed by atoms with van der Waals surface area (Å²) in [5.41, 5.74) is -0.256. The zero-order valence-corrected chi connectivity index (χ0v) is 11.9. The predicted octanol–water partition coefficient (Wildman–Crippen LogP) is 2.81. The highest BCUT2D eigenvalue weighted by Gasteiger charge is 2.22. The second-order valence-electron chi connectivity index (χ2n) is 4.41. The van der Waals surface area contributed by atoms with Crippen molar-refractivity contribution in [3.8, 4) is 0 Å². The highest BCUT2D eigenvalue weighted by atomic mass is 35.5. The molecule has 6 nitrogen and oxygen atoms in total. The van der Waals surface area contributed by atoms with Gasteiger partial charge in [-0.05, 0) is 12.8 Å². The third-order valence-electron chi connectivity index (χ3n) is 3.02. The summed E-state index contributed by atoms with van der Waals surface area (Å²) in [5.74, 6) is -0.465. The molecule has 1 saturated heterocycles. The normalized spacial score (nSPS) is 15.9. The maximum atomic E-state index is 12.1. The van der Waals surface area contributed by atoms with Crippen molar-refractivity contribution in [3.63, 3.8) is 0 Å². The van der Waals surface area contributed by atoms with Gasteiger partial charge in [-0.3, -0.25) is 14.9 Å². The van der Waals surface area contributed by atoms with E-state index in [9.17, 15) is 14.9 Å². The third-order valence-corrected chi connectivity index (χ3v) is 3.83. The molecule has 0 saturated carbocycles. The number of benzene rings is 1. The van der Waals surface area contributed by atoms with Gasteiger partial charge in [0.15, 0.2) is 0 Å². The topological polar surface area (TPSA) is 81.5 Å². The quantitative estimate of drug-likeness (QED) is 0.686. The standard InChI is InChI=1S/C12H12Cl2N2O4/c13-10-6-8(16(18)19)5-9(11(10)14)12(17)15-7-1-3-20-4-2-7/h5-7H,1-4H2,(H,15,17). The predicted molar refractivity (Wildman–Crippen MR) is 74.4 cm³/mol. The summed E-state index contributed by atoms with van der Waals surface area (Å²) in [6.07, 6.45) is 1.40. The van der Waals surface area contributed by atoms with Gasteiger partial charge in [-0.2, -0.15) is 0 Å². The Balaban J connectivity index is 2.21. The summed E-state index contributed by atoms with van der Waals surface area (Å²) >= 11 is 11.8. The van der Waals surface area contributed by atoms with Crippen molar-refractivity contribution in [2.75, 3.05) is 13.2 Å². The molecule has 1 aliphatic rings. The number of hydrogen-bond donors (Lipinski definition) is 1. The zero-order chi connectivity index (χ0) is 14.7. The van der Waals surface area contributed by atoms with Crippen LogP contribution in [-0.4, -0.2) is 30.1 Å². The molecule has 0 atom stereocenters. The molecule has 1 aromatic rings. The van der Waals surface area contributed by atoms with Gasteiger partial charge in [0.05, 0.1) is 20.5 Å². The van der Waals surface area contributed by atoms with Crippen LogP contribution >= 0.6 is 23.2 Å². The van der Waals surface area contributed by atoms with Crippen LogP contribution in [0, 0.1) is 10.1 Å². The molecule has 1 N–H and O–H groups in total. The molecular formula is C12H12Cl2N2O4. The van der Waals surface area contributed by atoms with Crippen molar-refractivity contribution < 1.29 is 14.5 Å². The van der Waals surface area contributed by atoms with Crippen molar-refractivity contribution in [1.29, 1.82) is 0 Å². The number of nitro benzene ring substituents is 1. The van der Waals surface area contributed by atoms with E-state index in [-0.39, 0.29) is 27.3 Å². The number of carbonyl (C=O) groups is 1. The van der Waals surface area contributed by atoms with Gasteiger partial charge in [-0.15, -0.1) is 0 Å². The molecule has 1 heterocycles. The van der Waals surface area contributed by atoms with Crippen molar-refractivity contribution >= 4 is 34.8 Å². The molecule has 0 unspecified atom stereocenters. The minimum Gasteiger partial charge on any atom is -0.381 e. The van der Waals surface area contributed by atoms with Gasteiger partial charge in [-0.1, -0.05) is 23.2 Å². The van der Waals surface area contributed by atoms with Gasteiger partial charge in [0.2, 0.25) is 0 Å². The fourth-order valence-electron chi connectivity index (χ4n) is 1.95. The van der Waals surface area contributed by atoms with Crippen LogP contribution in [0.25, 0.3) is 0 Å². The fraction of sp³-hybridized carbons (Fsp3) is 0.417. The Kier molecular flexibility index (Phi) is 4.80. The Morgan fingerprint density at radius 3 is 2.60 bits per heavy atom. The fourth-order valence-corrected chi connectivity index (χ4v) is 2.36. The molecule has 0 aliphatic carbocycles. The van der Waals surface area contributed by atoms with Gasteiger partial charge in [-0.25, -0.2) is 0 Å². The second kappa shape index (κ2) is 6.39. The second-order valence-corrected chi connectivity index (χ2v) is 5.19. The van der Waals surface area contributed by atoms with Crippen LogP contribution in [0.2, 0.25) is 10.0 Å². The monoisotopic (exact) mass is 318 g/mol. The first-order valence-corrected chi connectivity index (χ1v) is 6.76. The molecule has 1 fully saturated rings. The number of halogens is 2. The smallest absolute Gasteiger partial charge is 0.271 e. The number of nitro groups is 1. The van der Waals surface area contributed by atoms with E-state index in [1.807, 2.05) is 0 Å². The summed E-state index contributed by atoms with van der Waals surface area (Å²) in [6.45, 7) is 1.16. The van der Waals surface area contributed by atoms with Crippen molar-refractivity contribution in [2.24, 2.45) is 0 Å². The van der Waals surface area contributed by atoms with Gasteiger partial charge >= 0.3 is 0 Å². The Bertz CT molecular complexity index is 545. The number of non-ortho nitro benzene ring substituents is 1. The van der Waals surface area contributed by atoms with E-state index in [4.69, 9.17) is 27.9 Å². The van der Waals surface area contributed by atoms with Crippen LogP contribution in [0.4, 0.5) is 5.69 Å². The average Bonchev–Trinajstić information content (AvgIpc) is 2.42. The van der Waals surface area contributed by atoms with E-state index in [1.165, 1.54) is 0 Å².